The van der Waals surface area contributed by atoms with Gasteiger partial charge in [-0.1, -0.05) is 12.8 Å². The SMILES string of the molecule is CSC1CCCCC1n1c(C)ccc1C. The summed E-state index contributed by atoms with van der Waals surface area (Å²) in [7, 11) is 0. The van der Waals surface area contributed by atoms with Crippen molar-refractivity contribution in [3.8, 4) is 0 Å². The Labute approximate surface area is 97.3 Å². The molecule has 1 nitrogen and oxygen atoms in total. The number of thioether (sulfide) groups is 1. The third-order valence-electron chi connectivity index (χ3n) is 3.63. The number of aryl methyl sites for hydroxylation is 2. The van der Waals surface area contributed by atoms with Crippen LogP contribution in [0.15, 0.2) is 12.1 Å². The zero-order valence-corrected chi connectivity index (χ0v) is 10.8. The fourth-order valence-corrected chi connectivity index (χ4v) is 3.83. The van der Waals surface area contributed by atoms with E-state index in [1.165, 1.54) is 37.1 Å². The van der Waals surface area contributed by atoms with E-state index in [1.54, 1.807) is 0 Å². The Hall–Kier alpha value is -0.370. The molecule has 2 unspecified atom stereocenters. The first-order valence-electron chi connectivity index (χ1n) is 5.91. The lowest BCUT2D eigenvalue weighted by Crippen LogP contribution is -2.26. The maximum Gasteiger partial charge on any atom is 0.0454 e. The second kappa shape index (κ2) is 4.65. The van der Waals surface area contributed by atoms with Gasteiger partial charge < -0.3 is 4.57 Å². The zero-order valence-electron chi connectivity index (χ0n) is 9.99. The Morgan fingerprint density at radius 3 is 2.33 bits per heavy atom. The Balaban J connectivity index is 2.27. The van der Waals surface area contributed by atoms with E-state index >= 15 is 0 Å². The summed E-state index contributed by atoms with van der Waals surface area (Å²) in [6.45, 7) is 4.47. The first kappa shape index (κ1) is 11.1. The van der Waals surface area contributed by atoms with Gasteiger partial charge >= 0.3 is 0 Å². The fourth-order valence-electron chi connectivity index (χ4n) is 2.85. The molecule has 84 valence electrons. The van der Waals surface area contributed by atoms with Gasteiger partial charge in [0, 0.05) is 22.7 Å². The minimum Gasteiger partial charge on any atom is -0.345 e. The average molecular weight is 223 g/mol. The number of hydrogen-bond donors (Lipinski definition) is 0. The summed E-state index contributed by atoms with van der Waals surface area (Å²) in [5.74, 6) is 0. The van der Waals surface area contributed by atoms with E-state index in [1.807, 2.05) is 11.8 Å². The van der Waals surface area contributed by atoms with Gasteiger partial charge in [-0.05, 0) is 45.1 Å². The Morgan fingerprint density at radius 2 is 1.73 bits per heavy atom. The van der Waals surface area contributed by atoms with Crippen LogP contribution in [0.5, 0.6) is 0 Å². The Kier molecular flexibility index (Phi) is 3.45. The van der Waals surface area contributed by atoms with E-state index < -0.39 is 0 Å². The molecule has 0 amide bonds. The third-order valence-corrected chi connectivity index (χ3v) is 4.78. The molecule has 0 bridgehead atoms. The zero-order chi connectivity index (χ0) is 10.8. The molecule has 2 rings (SSSR count). The summed E-state index contributed by atoms with van der Waals surface area (Å²) in [5.41, 5.74) is 2.86. The normalized spacial score (nSPS) is 26.9. The maximum atomic E-state index is 2.56. The third kappa shape index (κ3) is 2.10. The number of aromatic nitrogens is 1. The van der Waals surface area contributed by atoms with Crippen LogP contribution in [0, 0.1) is 13.8 Å². The Bertz CT molecular complexity index is 310. The molecule has 15 heavy (non-hydrogen) atoms. The Morgan fingerprint density at radius 1 is 1.13 bits per heavy atom. The minimum atomic E-state index is 0.740. The highest BCUT2D eigenvalue weighted by Gasteiger charge is 2.26. The minimum absolute atomic E-state index is 0.740. The van der Waals surface area contributed by atoms with Gasteiger partial charge in [0.25, 0.3) is 0 Å². The maximum absolute atomic E-state index is 2.56. The standard InChI is InChI=1S/C13H21NS/c1-10-8-9-11(2)14(10)12-6-4-5-7-13(12)15-3/h8-9,12-13H,4-7H2,1-3H3. The van der Waals surface area contributed by atoms with Gasteiger partial charge in [0.15, 0.2) is 0 Å². The van der Waals surface area contributed by atoms with Crippen molar-refractivity contribution in [1.29, 1.82) is 0 Å². The quantitative estimate of drug-likeness (QED) is 0.735. The first-order chi connectivity index (χ1) is 7.24. The van der Waals surface area contributed by atoms with Crippen LogP contribution in [0.4, 0.5) is 0 Å². The molecule has 1 aliphatic carbocycles. The molecule has 0 radical (unpaired) electrons. The van der Waals surface area contributed by atoms with Crippen LogP contribution in [0.3, 0.4) is 0 Å². The van der Waals surface area contributed by atoms with E-state index in [9.17, 15) is 0 Å². The van der Waals surface area contributed by atoms with Crippen molar-refractivity contribution in [2.75, 3.05) is 6.26 Å². The fraction of sp³-hybridized carbons (Fsp3) is 0.692. The molecule has 2 atom stereocenters. The summed E-state index contributed by atoms with van der Waals surface area (Å²) in [5, 5.41) is 0.823. The summed E-state index contributed by atoms with van der Waals surface area (Å²) in [4.78, 5) is 0. The van der Waals surface area contributed by atoms with Crippen molar-refractivity contribution in [3.05, 3.63) is 23.5 Å². The number of nitrogens with zero attached hydrogens (tertiary/aromatic N) is 1. The molecule has 1 fully saturated rings. The van der Waals surface area contributed by atoms with E-state index in [4.69, 9.17) is 0 Å². The molecule has 0 saturated heterocycles. The highest BCUT2D eigenvalue weighted by atomic mass is 32.2. The smallest absolute Gasteiger partial charge is 0.0454 e. The van der Waals surface area contributed by atoms with E-state index in [2.05, 4.69) is 36.8 Å². The van der Waals surface area contributed by atoms with E-state index in [-0.39, 0.29) is 0 Å². The van der Waals surface area contributed by atoms with Gasteiger partial charge in [-0.15, -0.1) is 0 Å². The van der Waals surface area contributed by atoms with Crippen LogP contribution in [-0.4, -0.2) is 16.1 Å². The summed E-state index contributed by atoms with van der Waals surface area (Å²) < 4.78 is 2.56. The van der Waals surface area contributed by atoms with Crippen molar-refractivity contribution in [2.45, 2.75) is 50.8 Å². The van der Waals surface area contributed by atoms with Crippen LogP contribution < -0.4 is 0 Å². The predicted octanol–water partition coefficient (Wildman–Crippen LogP) is 3.95. The second-order valence-corrected chi connectivity index (χ2v) is 5.69. The molecule has 1 aromatic rings. The summed E-state index contributed by atoms with van der Waals surface area (Å²) in [6.07, 6.45) is 7.84. The molecule has 0 spiro atoms. The number of rotatable bonds is 2. The topological polar surface area (TPSA) is 4.93 Å². The van der Waals surface area contributed by atoms with Gasteiger partial charge in [-0.25, -0.2) is 0 Å². The van der Waals surface area contributed by atoms with Crippen LogP contribution in [0.25, 0.3) is 0 Å². The molecule has 2 heteroatoms. The van der Waals surface area contributed by atoms with E-state index in [0.29, 0.717) is 0 Å². The van der Waals surface area contributed by atoms with Gasteiger partial charge in [0.1, 0.15) is 0 Å². The van der Waals surface area contributed by atoms with Crippen molar-refractivity contribution in [2.24, 2.45) is 0 Å². The summed E-state index contributed by atoms with van der Waals surface area (Å²) in [6, 6.07) is 5.24. The molecule has 0 aliphatic heterocycles. The molecule has 0 N–H and O–H groups in total. The van der Waals surface area contributed by atoms with Crippen molar-refractivity contribution < 1.29 is 0 Å². The number of hydrogen-bond acceptors (Lipinski definition) is 1. The molecule has 1 saturated carbocycles. The molecule has 1 aromatic heterocycles. The monoisotopic (exact) mass is 223 g/mol. The average Bonchev–Trinajstić information content (AvgIpc) is 2.59. The van der Waals surface area contributed by atoms with Crippen molar-refractivity contribution in [3.63, 3.8) is 0 Å². The van der Waals surface area contributed by atoms with Crippen LogP contribution in [-0.2, 0) is 0 Å². The molecular formula is C13H21NS. The lowest BCUT2D eigenvalue weighted by molar-refractivity contribution is 0.357. The van der Waals surface area contributed by atoms with E-state index in [0.717, 1.165) is 11.3 Å². The highest BCUT2D eigenvalue weighted by molar-refractivity contribution is 7.99. The molecule has 0 aromatic carbocycles. The van der Waals surface area contributed by atoms with Gasteiger partial charge in [0.05, 0.1) is 0 Å². The molecule has 1 heterocycles. The molecular weight excluding hydrogens is 202 g/mol. The lowest BCUT2D eigenvalue weighted by Gasteiger charge is -2.33. The summed E-state index contributed by atoms with van der Waals surface area (Å²) >= 11 is 2.05. The van der Waals surface area contributed by atoms with Crippen LogP contribution >= 0.6 is 11.8 Å². The first-order valence-corrected chi connectivity index (χ1v) is 7.20. The van der Waals surface area contributed by atoms with Gasteiger partial charge in [-0.3, -0.25) is 0 Å². The van der Waals surface area contributed by atoms with Crippen molar-refractivity contribution in [1.82, 2.24) is 4.57 Å². The van der Waals surface area contributed by atoms with Crippen LogP contribution in [0.1, 0.15) is 43.1 Å². The highest BCUT2D eigenvalue weighted by Crippen LogP contribution is 2.37. The van der Waals surface area contributed by atoms with Crippen molar-refractivity contribution >= 4 is 11.8 Å². The molecule has 1 aliphatic rings. The largest absolute Gasteiger partial charge is 0.345 e. The van der Waals surface area contributed by atoms with Crippen LogP contribution in [0.2, 0.25) is 0 Å². The lowest BCUT2D eigenvalue weighted by atomic mass is 9.94. The predicted molar refractivity (Wildman–Crippen MR) is 68.7 cm³/mol. The van der Waals surface area contributed by atoms with Gasteiger partial charge in [-0.2, -0.15) is 11.8 Å². The van der Waals surface area contributed by atoms with Gasteiger partial charge in [0.2, 0.25) is 0 Å². The second-order valence-electron chi connectivity index (χ2n) is 4.61.